The van der Waals surface area contributed by atoms with Gasteiger partial charge in [0.05, 0.1) is 21.2 Å². The second-order valence-corrected chi connectivity index (χ2v) is 11.0. The summed E-state index contributed by atoms with van der Waals surface area (Å²) in [5, 5.41) is 1.52. The molecule has 40 heavy (non-hydrogen) atoms. The largest absolute Gasteiger partial charge is 0.457 e. The molecule has 0 spiro atoms. The number of fused-ring (bicyclic) bond motifs is 1. The third kappa shape index (κ3) is 6.38. The zero-order valence-electron chi connectivity index (χ0n) is 22.5. The number of aromatic nitrogens is 2. The van der Waals surface area contributed by atoms with Crippen LogP contribution in [0.15, 0.2) is 60.9 Å². The van der Waals surface area contributed by atoms with Gasteiger partial charge in [0.2, 0.25) is 0 Å². The van der Waals surface area contributed by atoms with Gasteiger partial charge in [-0.15, -0.1) is 0 Å². The Kier molecular flexibility index (Phi) is 8.37. The number of carbonyl (C=O) groups excluding carboxylic acids is 3. The topological polar surface area (TPSA) is 114 Å². The van der Waals surface area contributed by atoms with Crippen LogP contribution in [0.5, 0.6) is 11.5 Å². The number of rotatable bonds is 6. The monoisotopic (exact) mass is 582 g/mol. The summed E-state index contributed by atoms with van der Waals surface area (Å²) in [5.41, 5.74) is 2.39. The number of amides is 2. The summed E-state index contributed by atoms with van der Waals surface area (Å²) in [6.07, 6.45) is 1.95. The fraction of sp³-hybridized carbons (Fsp3) is 0.241. The maximum absolute atomic E-state index is 13.6. The number of H-pyrrole nitrogens is 1. The molecule has 0 saturated heterocycles. The van der Waals surface area contributed by atoms with Crippen LogP contribution >= 0.6 is 23.2 Å². The molecule has 0 aliphatic heterocycles. The molecule has 0 atom stereocenters. The van der Waals surface area contributed by atoms with Gasteiger partial charge in [0.15, 0.2) is 5.78 Å². The second kappa shape index (κ2) is 11.6. The Morgan fingerprint density at radius 1 is 0.975 bits per heavy atom. The van der Waals surface area contributed by atoms with E-state index in [1.807, 2.05) is 18.2 Å². The maximum atomic E-state index is 13.6. The zero-order valence-corrected chi connectivity index (χ0v) is 24.1. The van der Waals surface area contributed by atoms with Crippen LogP contribution in [0.4, 0.5) is 4.79 Å². The van der Waals surface area contributed by atoms with E-state index in [-0.39, 0.29) is 32.1 Å². The van der Waals surface area contributed by atoms with Crippen LogP contribution in [-0.4, -0.2) is 44.4 Å². The predicted molar refractivity (Wildman–Crippen MR) is 153 cm³/mol. The molecule has 0 radical (unpaired) electrons. The number of halogens is 2. The van der Waals surface area contributed by atoms with Gasteiger partial charge in [0.25, 0.3) is 5.91 Å². The zero-order chi connectivity index (χ0) is 29.2. The number of nitrogens with zero attached hydrogens (tertiary/aromatic N) is 2. The molecule has 0 aliphatic rings. The van der Waals surface area contributed by atoms with E-state index in [1.54, 1.807) is 65.0 Å². The van der Waals surface area contributed by atoms with E-state index < -0.39 is 29.4 Å². The molecular weight excluding hydrogens is 555 g/mol. The number of ether oxygens (including phenoxy) is 2. The van der Waals surface area contributed by atoms with Crippen molar-refractivity contribution in [1.29, 1.82) is 0 Å². The van der Waals surface area contributed by atoms with E-state index in [2.05, 4.69) is 15.4 Å². The van der Waals surface area contributed by atoms with Crippen LogP contribution in [0.1, 0.15) is 60.9 Å². The molecule has 9 nitrogen and oxygen atoms in total. The van der Waals surface area contributed by atoms with Gasteiger partial charge >= 0.3 is 6.09 Å². The van der Waals surface area contributed by atoms with Crippen LogP contribution < -0.4 is 10.2 Å². The molecule has 0 aliphatic carbocycles. The molecule has 208 valence electrons. The van der Waals surface area contributed by atoms with Crippen molar-refractivity contribution in [2.24, 2.45) is 0 Å². The number of hydrazine groups is 1. The first-order chi connectivity index (χ1) is 18.9. The number of ketones is 1. The SMILES string of the molecule is CC(C)N(NC(=O)OC(C)(C)C)C(=O)c1cnc2[nH]cc(C(=O)c3ccc(Oc4ccccc4)cc3Cl)c2c1Cl. The molecule has 0 saturated carbocycles. The Morgan fingerprint density at radius 2 is 1.68 bits per heavy atom. The van der Waals surface area contributed by atoms with E-state index in [9.17, 15) is 14.4 Å². The molecular formula is C29H28Cl2N4O5. The Morgan fingerprint density at radius 3 is 2.30 bits per heavy atom. The summed E-state index contributed by atoms with van der Waals surface area (Å²) in [6.45, 7) is 8.57. The number of hydrogen-bond acceptors (Lipinski definition) is 6. The van der Waals surface area contributed by atoms with E-state index in [0.717, 1.165) is 5.01 Å². The lowest BCUT2D eigenvalue weighted by Crippen LogP contribution is -2.51. The van der Waals surface area contributed by atoms with E-state index in [0.29, 0.717) is 17.1 Å². The molecule has 11 heteroatoms. The van der Waals surface area contributed by atoms with Crippen molar-refractivity contribution in [2.75, 3.05) is 0 Å². The fourth-order valence-corrected chi connectivity index (χ4v) is 4.42. The van der Waals surface area contributed by atoms with Gasteiger partial charge in [-0.2, -0.15) is 0 Å². The summed E-state index contributed by atoms with van der Waals surface area (Å²) < 4.78 is 11.1. The lowest BCUT2D eigenvalue weighted by atomic mass is 10.0. The highest BCUT2D eigenvalue weighted by atomic mass is 35.5. The van der Waals surface area contributed by atoms with Gasteiger partial charge in [0.1, 0.15) is 22.7 Å². The van der Waals surface area contributed by atoms with Crippen molar-refractivity contribution in [3.8, 4) is 11.5 Å². The molecule has 0 fully saturated rings. The molecule has 0 bridgehead atoms. The van der Waals surface area contributed by atoms with Crippen molar-refractivity contribution >= 4 is 52.0 Å². The highest BCUT2D eigenvalue weighted by Gasteiger charge is 2.29. The summed E-state index contributed by atoms with van der Waals surface area (Å²) in [4.78, 5) is 46.6. The minimum atomic E-state index is -0.799. The average molecular weight is 583 g/mol. The lowest BCUT2D eigenvalue weighted by molar-refractivity contribution is 0.0242. The minimum Gasteiger partial charge on any atom is -0.457 e. The molecule has 4 aromatic rings. The smallest absolute Gasteiger partial charge is 0.426 e. The van der Waals surface area contributed by atoms with Crippen molar-refractivity contribution in [1.82, 2.24) is 20.4 Å². The van der Waals surface area contributed by atoms with Crippen LogP contribution in [0, 0.1) is 0 Å². The fourth-order valence-electron chi connectivity index (χ4n) is 3.84. The molecule has 2 N–H and O–H groups in total. The molecule has 2 aromatic carbocycles. The van der Waals surface area contributed by atoms with Gasteiger partial charge in [0, 0.05) is 35.5 Å². The van der Waals surface area contributed by atoms with Crippen LogP contribution in [0.2, 0.25) is 10.0 Å². The van der Waals surface area contributed by atoms with Gasteiger partial charge in [-0.1, -0.05) is 41.4 Å². The first kappa shape index (κ1) is 28.9. The van der Waals surface area contributed by atoms with E-state index >= 15 is 0 Å². The summed E-state index contributed by atoms with van der Waals surface area (Å²) in [7, 11) is 0. The first-order valence-electron chi connectivity index (χ1n) is 12.4. The van der Waals surface area contributed by atoms with Crippen molar-refractivity contribution < 1.29 is 23.9 Å². The van der Waals surface area contributed by atoms with Gasteiger partial charge in [-0.25, -0.2) is 20.2 Å². The van der Waals surface area contributed by atoms with Crippen molar-refractivity contribution in [3.05, 3.63) is 87.7 Å². The lowest BCUT2D eigenvalue weighted by Gasteiger charge is -2.29. The minimum absolute atomic E-state index is 0.00334. The van der Waals surface area contributed by atoms with Crippen LogP contribution in [0.3, 0.4) is 0 Å². The number of benzene rings is 2. The molecule has 2 amide bonds. The molecule has 0 unspecified atom stereocenters. The van der Waals surface area contributed by atoms with Gasteiger partial charge < -0.3 is 14.5 Å². The number of carbonyl (C=O) groups is 3. The van der Waals surface area contributed by atoms with Crippen LogP contribution in [0.25, 0.3) is 11.0 Å². The number of nitrogens with one attached hydrogen (secondary N) is 2. The number of aromatic amines is 1. The van der Waals surface area contributed by atoms with Crippen molar-refractivity contribution in [3.63, 3.8) is 0 Å². The quantitative estimate of drug-likeness (QED) is 0.184. The summed E-state index contributed by atoms with van der Waals surface area (Å²) in [6, 6.07) is 13.5. The Labute approximate surface area is 241 Å². The Bertz CT molecular complexity index is 1580. The normalized spacial score (nSPS) is 11.4. The van der Waals surface area contributed by atoms with E-state index in [1.165, 1.54) is 12.4 Å². The third-order valence-corrected chi connectivity index (χ3v) is 6.33. The Hall–Kier alpha value is -4.08. The summed E-state index contributed by atoms with van der Waals surface area (Å²) >= 11 is 13.2. The molecule has 4 rings (SSSR count). The number of para-hydroxylation sites is 1. The highest BCUT2D eigenvalue weighted by molar-refractivity contribution is 6.41. The van der Waals surface area contributed by atoms with E-state index in [4.69, 9.17) is 32.7 Å². The predicted octanol–water partition coefficient (Wildman–Crippen LogP) is 7.18. The molecule has 2 heterocycles. The maximum Gasteiger partial charge on any atom is 0.426 e. The number of hydrogen-bond donors (Lipinski definition) is 2. The Balaban J connectivity index is 1.65. The van der Waals surface area contributed by atoms with Crippen molar-refractivity contribution in [2.45, 2.75) is 46.3 Å². The van der Waals surface area contributed by atoms with Gasteiger partial charge in [-0.3, -0.25) is 9.59 Å². The summed E-state index contributed by atoms with van der Waals surface area (Å²) in [5.74, 6) is 0.0372. The van der Waals surface area contributed by atoms with Crippen LogP contribution in [-0.2, 0) is 4.74 Å². The molecule has 2 aromatic heterocycles. The number of pyridine rings is 1. The highest BCUT2D eigenvalue weighted by Crippen LogP contribution is 2.33. The first-order valence-corrected chi connectivity index (χ1v) is 13.2. The average Bonchev–Trinajstić information content (AvgIpc) is 3.31. The second-order valence-electron chi connectivity index (χ2n) is 10.2. The van der Waals surface area contributed by atoms with Gasteiger partial charge in [-0.05, 0) is 58.9 Å². The third-order valence-electron chi connectivity index (χ3n) is 5.62. The standard InChI is InChI=1S/C29H28Cl2N4O5/c1-16(2)35(34-28(38)40-29(3,4)5)27(37)21-15-33-26-23(24(21)31)20(14-32-26)25(36)19-12-11-18(13-22(19)30)39-17-9-7-6-8-10-17/h6-16H,1-5H3,(H,32,33)(H,34,38).